The van der Waals surface area contributed by atoms with Crippen molar-refractivity contribution in [1.82, 2.24) is 34.0 Å². The number of hydrogen-bond donors (Lipinski definition) is 0. The van der Waals surface area contributed by atoms with E-state index in [0.717, 1.165) is 11.1 Å². The maximum absolute atomic E-state index is 15.2. The molecule has 1 amide bonds. The highest BCUT2D eigenvalue weighted by molar-refractivity contribution is 5.93. The number of methoxy groups -OCH3 is 1. The topological polar surface area (TPSA) is 99.7 Å². The zero-order valence-corrected chi connectivity index (χ0v) is 20.4. The number of hydrogen-bond acceptors (Lipinski definition) is 7. The molecule has 5 heterocycles. The summed E-state index contributed by atoms with van der Waals surface area (Å²) in [5.41, 5.74) is 4.39. The lowest BCUT2D eigenvalue weighted by Gasteiger charge is -2.26. The van der Waals surface area contributed by atoms with E-state index in [2.05, 4.69) is 20.2 Å². The van der Waals surface area contributed by atoms with Gasteiger partial charge in [0.25, 0.3) is 5.91 Å². The van der Waals surface area contributed by atoms with Crippen molar-refractivity contribution in [3.8, 4) is 28.0 Å². The van der Waals surface area contributed by atoms with E-state index >= 15 is 4.39 Å². The van der Waals surface area contributed by atoms with Crippen LogP contribution in [0, 0.1) is 5.82 Å². The second-order valence-corrected chi connectivity index (χ2v) is 8.69. The first-order valence-electron chi connectivity index (χ1n) is 12.0. The minimum Gasteiger partial charge on any atom is -0.495 e. The summed E-state index contributed by atoms with van der Waals surface area (Å²) in [7, 11) is 1.51. The van der Waals surface area contributed by atoms with Crippen LogP contribution in [-0.2, 0) is 11.3 Å². The number of carbonyl (C=O) groups excluding carboxylic acids is 1. The largest absolute Gasteiger partial charge is 0.495 e. The van der Waals surface area contributed by atoms with Gasteiger partial charge in [0.1, 0.15) is 17.1 Å². The summed E-state index contributed by atoms with van der Waals surface area (Å²) in [6, 6.07) is 6.64. The molecule has 188 valence electrons. The molecular weight excluding hydrogens is 477 g/mol. The summed E-state index contributed by atoms with van der Waals surface area (Å²) in [5, 5.41) is 8.36. The number of nitrogens with zero attached hydrogens (tertiary/aromatic N) is 7. The number of imidazole rings is 2. The van der Waals surface area contributed by atoms with E-state index in [-0.39, 0.29) is 11.7 Å². The van der Waals surface area contributed by atoms with Crippen molar-refractivity contribution in [2.45, 2.75) is 13.5 Å². The van der Waals surface area contributed by atoms with Crippen LogP contribution in [0.2, 0.25) is 0 Å². The van der Waals surface area contributed by atoms with Gasteiger partial charge in [-0.3, -0.25) is 9.20 Å². The second-order valence-electron chi connectivity index (χ2n) is 8.69. The maximum atomic E-state index is 15.2. The number of aromatic nitrogens is 6. The lowest BCUT2D eigenvalue weighted by Crippen LogP contribution is -2.41. The molecule has 0 bridgehead atoms. The summed E-state index contributed by atoms with van der Waals surface area (Å²) < 4.78 is 29.8. The van der Waals surface area contributed by atoms with Crippen LogP contribution in [0.1, 0.15) is 17.5 Å². The second kappa shape index (κ2) is 9.25. The van der Waals surface area contributed by atoms with Gasteiger partial charge in [0.05, 0.1) is 50.8 Å². The number of halogens is 1. The van der Waals surface area contributed by atoms with Crippen molar-refractivity contribution in [2.75, 3.05) is 33.4 Å². The zero-order chi connectivity index (χ0) is 25.5. The molecule has 6 rings (SSSR count). The summed E-state index contributed by atoms with van der Waals surface area (Å²) in [6.07, 6.45) is 6.63. The number of carbonyl (C=O) groups is 1. The molecule has 0 radical (unpaired) electrons. The fourth-order valence-corrected chi connectivity index (χ4v) is 4.68. The summed E-state index contributed by atoms with van der Waals surface area (Å²) >= 11 is 0. The Morgan fingerprint density at radius 3 is 2.73 bits per heavy atom. The predicted octanol–water partition coefficient (Wildman–Crippen LogP) is 3.45. The Morgan fingerprint density at radius 2 is 1.95 bits per heavy atom. The molecule has 0 saturated carbocycles. The molecule has 0 unspecified atom stereocenters. The van der Waals surface area contributed by atoms with Crippen molar-refractivity contribution in [3.05, 3.63) is 60.8 Å². The molecule has 1 aromatic carbocycles. The van der Waals surface area contributed by atoms with E-state index in [1.165, 1.54) is 13.2 Å². The van der Waals surface area contributed by atoms with E-state index < -0.39 is 5.82 Å². The normalized spacial score (nSPS) is 14.0. The Hall–Kier alpha value is -4.38. The highest BCUT2D eigenvalue weighted by Gasteiger charge is 2.24. The monoisotopic (exact) mass is 501 g/mol. The molecule has 0 atom stereocenters. The number of rotatable bonds is 5. The van der Waals surface area contributed by atoms with Gasteiger partial charge in [-0.25, -0.2) is 14.4 Å². The van der Waals surface area contributed by atoms with Crippen molar-refractivity contribution in [1.29, 1.82) is 0 Å². The van der Waals surface area contributed by atoms with Crippen LogP contribution < -0.4 is 4.74 Å². The predicted molar refractivity (Wildman–Crippen MR) is 134 cm³/mol. The van der Waals surface area contributed by atoms with Gasteiger partial charge in [-0.05, 0) is 30.7 Å². The molecule has 0 spiro atoms. The Balaban J connectivity index is 1.45. The minimum atomic E-state index is -0.409. The number of aryl methyl sites for hydroxylation is 1. The Labute approximate surface area is 211 Å². The molecule has 0 aliphatic carbocycles. The number of morpholine rings is 1. The average Bonchev–Trinajstić information content (AvgIpc) is 3.56. The van der Waals surface area contributed by atoms with E-state index in [9.17, 15) is 4.79 Å². The first-order valence-corrected chi connectivity index (χ1v) is 12.0. The van der Waals surface area contributed by atoms with Crippen molar-refractivity contribution in [3.63, 3.8) is 0 Å². The summed E-state index contributed by atoms with van der Waals surface area (Å²) in [6.45, 7) is 4.72. The number of fused-ring (bicyclic) bond motifs is 2. The fourth-order valence-electron chi connectivity index (χ4n) is 4.68. The zero-order valence-electron chi connectivity index (χ0n) is 20.4. The molecular formula is C26H24FN7O3. The van der Waals surface area contributed by atoms with E-state index in [0.29, 0.717) is 66.4 Å². The molecule has 1 fully saturated rings. The molecule has 10 nitrogen and oxygen atoms in total. The Bertz CT molecular complexity index is 1640. The minimum absolute atomic E-state index is 0.188. The highest BCUT2D eigenvalue weighted by Crippen LogP contribution is 2.37. The Morgan fingerprint density at radius 1 is 1.11 bits per heavy atom. The Kier molecular flexibility index (Phi) is 5.76. The maximum Gasteiger partial charge on any atom is 0.290 e. The van der Waals surface area contributed by atoms with Crippen LogP contribution in [0.15, 0.2) is 49.2 Å². The highest BCUT2D eigenvalue weighted by atomic mass is 19.1. The van der Waals surface area contributed by atoms with Gasteiger partial charge in [-0.2, -0.15) is 5.10 Å². The smallest absolute Gasteiger partial charge is 0.290 e. The summed E-state index contributed by atoms with van der Waals surface area (Å²) in [4.78, 5) is 23.7. The van der Waals surface area contributed by atoms with Crippen LogP contribution in [0.25, 0.3) is 38.9 Å². The molecule has 37 heavy (non-hydrogen) atoms. The number of pyridine rings is 1. The van der Waals surface area contributed by atoms with Gasteiger partial charge in [-0.15, -0.1) is 5.10 Å². The van der Waals surface area contributed by atoms with Crippen molar-refractivity contribution in [2.24, 2.45) is 0 Å². The number of amides is 1. The molecule has 1 aliphatic heterocycles. The number of ether oxygens (including phenoxy) is 2. The van der Waals surface area contributed by atoms with Crippen molar-refractivity contribution >= 4 is 22.6 Å². The van der Waals surface area contributed by atoms with Crippen LogP contribution in [0.4, 0.5) is 4.39 Å². The van der Waals surface area contributed by atoms with Gasteiger partial charge < -0.3 is 18.9 Å². The van der Waals surface area contributed by atoms with Crippen molar-refractivity contribution < 1.29 is 18.7 Å². The third-order valence-electron chi connectivity index (χ3n) is 6.65. The van der Waals surface area contributed by atoms with Crippen LogP contribution in [0.5, 0.6) is 5.75 Å². The van der Waals surface area contributed by atoms with Gasteiger partial charge >= 0.3 is 0 Å². The van der Waals surface area contributed by atoms with Crippen LogP contribution in [0.3, 0.4) is 0 Å². The first-order chi connectivity index (χ1) is 18.1. The third kappa shape index (κ3) is 3.87. The summed E-state index contributed by atoms with van der Waals surface area (Å²) in [5.74, 6) is 0.0819. The molecule has 4 aromatic heterocycles. The van der Waals surface area contributed by atoms with E-state index in [1.54, 1.807) is 52.4 Å². The standard InChI is InChI=1S/C26H24FN7O3/c1-3-32-15-29-23-20(13-30-31-24(23)32)16-4-5-21(27)18(10-16)19-11-17-12-28-25(34(17)14-22(19)36-2)26(35)33-6-8-37-9-7-33/h4-5,10-15H,3,6-9H2,1-2H3. The molecule has 1 aliphatic rings. The number of benzene rings is 1. The van der Waals surface area contributed by atoms with Gasteiger partial charge in [0.15, 0.2) is 5.65 Å². The van der Waals surface area contributed by atoms with Gasteiger partial charge in [0, 0.05) is 36.3 Å². The molecule has 5 aromatic rings. The molecule has 0 N–H and O–H groups in total. The fraction of sp³-hybridized carbons (Fsp3) is 0.269. The molecule has 1 saturated heterocycles. The molecule has 11 heteroatoms. The van der Waals surface area contributed by atoms with Crippen LogP contribution >= 0.6 is 0 Å². The lowest BCUT2D eigenvalue weighted by molar-refractivity contribution is 0.0294. The van der Waals surface area contributed by atoms with Gasteiger partial charge in [0.2, 0.25) is 5.82 Å². The van der Waals surface area contributed by atoms with E-state index in [4.69, 9.17) is 9.47 Å². The first kappa shape index (κ1) is 23.0. The SMILES string of the molecule is CCn1cnc2c(-c3ccc(F)c(-c4cc5cnc(C(=O)N6CCOCC6)n5cc4OC)c3)cnnc21. The average molecular weight is 502 g/mol. The quantitative estimate of drug-likeness (QED) is 0.364. The third-order valence-corrected chi connectivity index (χ3v) is 6.65. The van der Waals surface area contributed by atoms with E-state index in [1.807, 2.05) is 11.5 Å². The van der Waals surface area contributed by atoms with Gasteiger partial charge in [-0.1, -0.05) is 6.07 Å². The van der Waals surface area contributed by atoms with Crippen LogP contribution in [-0.4, -0.2) is 73.4 Å². The lowest BCUT2D eigenvalue weighted by atomic mass is 9.99.